The summed E-state index contributed by atoms with van der Waals surface area (Å²) in [6.07, 6.45) is 2.74. The molecule has 1 fully saturated rings. The molecule has 0 aliphatic carbocycles. The van der Waals surface area contributed by atoms with Gasteiger partial charge in [-0.05, 0) is 31.0 Å². The zero-order valence-corrected chi connectivity index (χ0v) is 20.2. The molecule has 0 aromatic heterocycles. The van der Waals surface area contributed by atoms with Gasteiger partial charge in [-0.25, -0.2) is 13.4 Å². The van der Waals surface area contributed by atoms with E-state index < -0.39 is 9.84 Å². The molecule has 2 N–H and O–H groups in total. The van der Waals surface area contributed by atoms with Crippen molar-refractivity contribution in [3.8, 4) is 0 Å². The number of halogens is 1. The van der Waals surface area contributed by atoms with Gasteiger partial charge in [0.1, 0.15) is 9.84 Å². The van der Waals surface area contributed by atoms with Crippen molar-refractivity contribution in [2.24, 2.45) is 4.99 Å². The van der Waals surface area contributed by atoms with Gasteiger partial charge >= 0.3 is 0 Å². The summed E-state index contributed by atoms with van der Waals surface area (Å²) in [7, 11) is -2.99. The third kappa shape index (κ3) is 9.77. The first kappa shape index (κ1) is 25.6. The lowest BCUT2D eigenvalue weighted by molar-refractivity contribution is -0.117. The largest absolute Gasteiger partial charge is 0.379 e. The van der Waals surface area contributed by atoms with E-state index in [1.165, 1.54) is 6.26 Å². The van der Waals surface area contributed by atoms with E-state index in [4.69, 9.17) is 4.74 Å². The number of nitrogens with one attached hydrogen (secondary N) is 2. The summed E-state index contributed by atoms with van der Waals surface area (Å²) in [5, 5.41) is 6.33. The maximum atomic E-state index is 11.8. The van der Waals surface area contributed by atoms with Gasteiger partial charge in [0.05, 0.1) is 25.5 Å². The molecule has 1 aliphatic rings. The van der Waals surface area contributed by atoms with Crippen molar-refractivity contribution in [1.29, 1.82) is 0 Å². The van der Waals surface area contributed by atoms with Crippen LogP contribution < -0.4 is 15.5 Å². The van der Waals surface area contributed by atoms with Crippen molar-refractivity contribution < 1.29 is 17.9 Å². The monoisotopic (exact) mass is 538 g/mol. The van der Waals surface area contributed by atoms with Gasteiger partial charge in [0, 0.05) is 38.0 Å². The average Bonchev–Trinajstić information content (AvgIpc) is 3.08. The number of anilines is 1. The lowest BCUT2D eigenvalue weighted by Gasteiger charge is -2.16. The first-order chi connectivity index (χ1) is 13.4. The van der Waals surface area contributed by atoms with Crippen LogP contribution in [0.15, 0.2) is 29.3 Å². The topological polar surface area (TPSA) is 100 Å². The van der Waals surface area contributed by atoms with E-state index in [1.54, 1.807) is 0 Å². The molecule has 0 radical (unpaired) electrons. The highest BCUT2D eigenvalue weighted by molar-refractivity contribution is 14.0. The van der Waals surface area contributed by atoms with Gasteiger partial charge in [-0.15, -0.1) is 24.0 Å². The van der Waals surface area contributed by atoms with E-state index >= 15 is 0 Å². The molecule has 0 unspecified atom stereocenters. The Labute approximate surface area is 190 Å². The number of sulfone groups is 1. The summed E-state index contributed by atoms with van der Waals surface area (Å²) < 4.78 is 27.4. The quantitative estimate of drug-likeness (QED) is 0.203. The molecule has 29 heavy (non-hydrogen) atoms. The summed E-state index contributed by atoms with van der Waals surface area (Å²) in [5.41, 5.74) is 1.99. The van der Waals surface area contributed by atoms with Gasteiger partial charge in [0.2, 0.25) is 5.91 Å². The fourth-order valence-corrected chi connectivity index (χ4v) is 3.19. The van der Waals surface area contributed by atoms with E-state index in [1.807, 2.05) is 36.1 Å². The highest BCUT2D eigenvalue weighted by Crippen LogP contribution is 2.21. The Morgan fingerprint density at radius 1 is 1.21 bits per heavy atom. The number of carbonyl (C=O) groups excluding carboxylic acids is 1. The third-order valence-corrected chi connectivity index (χ3v) is 5.13. The minimum atomic E-state index is -2.99. The smallest absolute Gasteiger partial charge is 0.227 e. The van der Waals surface area contributed by atoms with Crippen molar-refractivity contribution in [2.75, 3.05) is 49.8 Å². The van der Waals surface area contributed by atoms with Crippen LogP contribution in [0.5, 0.6) is 0 Å². The zero-order chi connectivity index (χ0) is 20.4. The minimum absolute atomic E-state index is 0. The molecule has 1 aromatic carbocycles. The van der Waals surface area contributed by atoms with E-state index in [9.17, 15) is 13.2 Å². The third-order valence-electron chi connectivity index (χ3n) is 4.22. The molecular formula is C19H31IN4O4S. The number of aliphatic imine (C=N–C) groups is 1. The number of nitrogens with zero attached hydrogens (tertiary/aromatic N) is 2. The van der Waals surface area contributed by atoms with Gasteiger partial charge in [-0.1, -0.05) is 12.1 Å². The average molecular weight is 538 g/mol. The van der Waals surface area contributed by atoms with Crippen molar-refractivity contribution in [3.63, 3.8) is 0 Å². The van der Waals surface area contributed by atoms with Crippen molar-refractivity contribution in [2.45, 2.75) is 26.3 Å². The number of amides is 1. The predicted octanol–water partition coefficient (Wildman–Crippen LogP) is 1.55. The van der Waals surface area contributed by atoms with Gasteiger partial charge in [-0.3, -0.25) is 4.79 Å². The SMILES string of the molecule is CCNC(=NCc1ccc(N2CCCC2=O)cc1)NCCOCCS(C)(=O)=O.I. The molecule has 0 bridgehead atoms. The molecule has 0 spiro atoms. The summed E-state index contributed by atoms with van der Waals surface area (Å²) >= 11 is 0. The summed E-state index contributed by atoms with van der Waals surface area (Å²) in [6.45, 7) is 5.15. The van der Waals surface area contributed by atoms with Gasteiger partial charge in [0.15, 0.2) is 5.96 Å². The zero-order valence-electron chi connectivity index (χ0n) is 17.0. The molecule has 164 valence electrons. The van der Waals surface area contributed by atoms with E-state index in [0.29, 0.717) is 32.1 Å². The maximum Gasteiger partial charge on any atom is 0.227 e. The summed E-state index contributed by atoms with van der Waals surface area (Å²) in [4.78, 5) is 18.2. The number of carbonyl (C=O) groups is 1. The molecule has 2 rings (SSSR count). The molecule has 0 atom stereocenters. The normalized spacial score (nSPS) is 14.6. The summed E-state index contributed by atoms with van der Waals surface area (Å²) in [5.74, 6) is 0.886. The number of hydrogen-bond donors (Lipinski definition) is 2. The Morgan fingerprint density at radius 2 is 1.93 bits per heavy atom. The van der Waals surface area contributed by atoms with Gasteiger partial charge in [0.25, 0.3) is 0 Å². The fraction of sp³-hybridized carbons (Fsp3) is 0.579. The van der Waals surface area contributed by atoms with E-state index in [-0.39, 0.29) is 42.2 Å². The van der Waals surface area contributed by atoms with Crippen LogP contribution in [0, 0.1) is 0 Å². The van der Waals surface area contributed by atoms with Crippen molar-refractivity contribution in [3.05, 3.63) is 29.8 Å². The Kier molecular flexibility index (Phi) is 11.5. The minimum Gasteiger partial charge on any atom is -0.379 e. The van der Waals surface area contributed by atoms with Gasteiger partial charge in [-0.2, -0.15) is 0 Å². The summed E-state index contributed by atoms with van der Waals surface area (Å²) in [6, 6.07) is 7.90. The maximum absolute atomic E-state index is 11.8. The van der Waals surface area contributed by atoms with Crippen LogP contribution in [-0.2, 0) is 25.9 Å². The van der Waals surface area contributed by atoms with Crippen LogP contribution in [0.25, 0.3) is 0 Å². The number of rotatable bonds is 10. The first-order valence-corrected chi connectivity index (χ1v) is 11.6. The number of benzene rings is 1. The second-order valence-electron chi connectivity index (χ2n) is 6.68. The number of ether oxygens (including phenoxy) is 1. The van der Waals surface area contributed by atoms with Crippen LogP contribution in [0.1, 0.15) is 25.3 Å². The van der Waals surface area contributed by atoms with E-state index in [0.717, 1.165) is 30.8 Å². The molecule has 1 saturated heterocycles. The molecule has 8 nitrogen and oxygen atoms in total. The van der Waals surface area contributed by atoms with Crippen molar-refractivity contribution >= 4 is 51.4 Å². The molecule has 1 heterocycles. The molecule has 1 aromatic rings. The van der Waals surface area contributed by atoms with Crippen LogP contribution in [0.4, 0.5) is 5.69 Å². The Morgan fingerprint density at radius 3 is 2.52 bits per heavy atom. The predicted molar refractivity (Wildman–Crippen MR) is 127 cm³/mol. The molecule has 0 saturated carbocycles. The molecule has 1 amide bonds. The Hall–Kier alpha value is -1.40. The van der Waals surface area contributed by atoms with Crippen molar-refractivity contribution in [1.82, 2.24) is 10.6 Å². The van der Waals surface area contributed by atoms with E-state index in [2.05, 4.69) is 15.6 Å². The highest BCUT2D eigenvalue weighted by atomic mass is 127. The van der Waals surface area contributed by atoms with Crippen LogP contribution in [0.3, 0.4) is 0 Å². The molecule has 10 heteroatoms. The Balaban J connectivity index is 0.00000420. The standard InChI is InChI=1S/C19H30N4O4S.HI/c1-3-20-19(21-10-12-27-13-14-28(2,25)26)22-15-16-6-8-17(9-7-16)23-11-4-5-18(23)24;/h6-9H,3-5,10-15H2,1-2H3,(H2,20,21,22);1H. The number of hydrogen-bond acceptors (Lipinski definition) is 5. The lowest BCUT2D eigenvalue weighted by atomic mass is 10.2. The fourth-order valence-electron chi connectivity index (χ4n) is 2.77. The van der Waals surface area contributed by atoms with Gasteiger partial charge < -0.3 is 20.3 Å². The second kappa shape index (κ2) is 13.0. The molecule has 1 aliphatic heterocycles. The van der Waals surface area contributed by atoms with Crippen LogP contribution >= 0.6 is 24.0 Å². The molecular weight excluding hydrogens is 507 g/mol. The highest BCUT2D eigenvalue weighted by Gasteiger charge is 2.21. The number of guanidine groups is 1. The lowest BCUT2D eigenvalue weighted by Crippen LogP contribution is -2.39. The second-order valence-corrected chi connectivity index (χ2v) is 8.94. The van der Waals surface area contributed by atoms with Crippen LogP contribution in [0.2, 0.25) is 0 Å². The van der Waals surface area contributed by atoms with Crippen LogP contribution in [-0.4, -0.2) is 65.1 Å². The Bertz CT molecular complexity index is 769. The first-order valence-electron chi connectivity index (χ1n) is 9.56.